The second-order valence-electron chi connectivity index (χ2n) is 2.88. The van der Waals surface area contributed by atoms with Crippen LogP contribution in [0.25, 0.3) is 0 Å². The normalized spacial score (nSPS) is 9.47. The van der Waals surface area contributed by atoms with Crippen LogP contribution in [0.4, 0.5) is 13.2 Å². The maximum atomic E-state index is 12.4. The van der Waals surface area contributed by atoms with Crippen LogP contribution in [-0.4, -0.2) is 13.0 Å². The van der Waals surface area contributed by atoms with E-state index in [1.165, 1.54) is 13.0 Å². The molecule has 0 aliphatic rings. The summed E-state index contributed by atoms with van der Waals surface area (Å²) in [6, 6.07) is 6.11. The number of rotatable bonds is 3. The van der Waals surface area contributed by atoms with Gasteiger partial charge in [-0.25, -0.2) is 8.78 Å². The fourth-order valence-electron chi connectivity index (χ4n) is 1.18. The van der Waals surface area contributed by atoms with Crippen molar-refractivity contribution in [2.75, 3.05) is 7.18 Å². The minimum Gasteiger partial charge on any atom is -0.300 e. The second-order valence-corrected chi connectivity index (χ2v) is 2.88. The molecule has 0 radical (unpaired) electrons. The highest BCUT2D eigenvalue weighted by molar-refractivity contribution is 5.78. The summed E-state index contributed by atoms with van der Waals surface area (Å²) in [7, 11) is 0.500. The van der Waals surface area contributed by atoms with Crippen LogP contribution in [0.15, 0.2) is 24.3 Å². The average molecular weight is 218 g/mol. The topological polar surface area (TPSA) is 17.1 Å². The minimum absolute atomic E-state index is 0.0438. The Hall–Kier alpha value is -1.32. The van der Waals surface area contributed by atoms with E-state index in [1.54, 1.807) is 18.2 Å². The number of hydrogen-bond acceptors (Lipinski definition) is 1. The third kappa shape index (κ3) is 4.63. The molecule has 1 aromatic rings. The Morgan fingerprint density at radius 3 is 2.27 bits per heavy atom. The summed E-state index contributed by atoms with van der Waals surface area (Å²) in [4.78, 5) is 10.7. The zero-order valence-corrected chi connectivity index (χ0v) is 8.64. The van der Waals surface area contributed by atoms with Crippen LogP contribution >= 0.6 is 0 Å². The van der Waals surface area contributed by atoms with Gasteiger partial charge < -0.3 is 0 Å². The molecule has 0 aromatic heterocycles. The van der Waals surface area contributed by atoms with Gasteiger partial charge in [0.15, 0.2) is 0 Å². The molecule has 0 saturated heterocycles. The highest BCUT2D eigenvalue weighted by Gasteiger charge is 2.12. The molecule has 15 heavy (non-hydrogen) atoms. The van der Waals surface area contributed by atoms with E-state index in [0.717, 1.165) is 0 Å². The summed E-state index contributed by atoms with van der Waals surface area (Å²) in [5, 5.41) is 0. The third-order valence-electron chi connectivity index (χ3n) is 1.73. The largest absolute Gasteiger partial charge is 0.300 e. The van der Waals surface area contributed by atoms with Crippen LogP contribution in [-0.2, 0) is 11.2 Å². The fraction of sp³-hybridized carbons (Fsp3) is 0.364. The molecule has 0 saturated carbocycles. The monoisotopic (exact) mass is 218 g/mol. The van der Waals surface area contributed by atoms with Gasteiger partial charge in [0.25, 0.3) is 6.43 Å². The Kier molecular flexibility index (Phi) is 6.42. The van der Waals surface area contributed by atoms with Crippen molar-refractivity contribution >= 4 is 5.78 Å². The second kappa shape index (κ2) is 7.04. The Morgan fingerprint density at radius 2 is 1.80 bits per heavy atom. The van der Waals surface area contributed by atoms with Crippen molar-refractivity contribution in [3.8, 4) is 0 Å². The van der Waals surface area contributed by atoms with Crippen LogP contribution in [0.2, 0.25) is 0 Å². The molecule has 0 heterocycles. The number of benzene rings is 1. The van der Waals surface area contributed by atoms with Crippen LogP contribution in [0.1, 0.15) is 24.5 Å². The van der Waals surface area contributed by atoms with Gasteiger partial charge in [0.05, 0.1) is 7.18 Å². The van der Waals surface area contributed by atoms with E-state index in [9.17, 15) is 18.0 Å². The number of ketones is 1. The van der Waals surface area contributed by atoms with Gasteiger partial charge in [0, 0.05) is 12.0 Å². The molecule has 1 aromatic carbocycles. The van der Waals surface area contributed by atoms with Gasteiger partial charge in [0.2, 0.25) is 0 Å². The molecule has 0 fully saturated rings. The first kappa shape index (κ1) is 13.7. The van der Waals surface area contributed by atoms with Crippen molar-refractivity contribution in [3.63, 3.8) is 0 Å². The van der Waals surface area contributed by atoms with Gasteiger partial charge in [-0.05, 0) is 12.5 Å². The SMILES string of the molecule is CC(=O)Cc1ccccc1C(F)F.CF. The zero-order chi connectivity index (χ0) is 11.8. The Balaban J connectivity index is 0.000000921. The number of alkyl halides is 3. The molecule has 1 rings (SSSR count). The highest BCUT2D eigenvalue weighted by atomic mass is 19.3. The van der Waals surface area contributed by atoms with Gasteiger partial charge in [-0.3, -0.25) is 9.18 Å². The van der Waals surface area contributed by atoms with Crippen LogP contribution in [0.3, 0.4) is 0 Å². The number of hydrogen-bond donors (Lipinski definition) is 0. The smallest absolute Gasteiger partial charge is 0.264 e. The van der Waals surface area contributed by atoms with E-state index >= 15 is 0 Å². The van der Waals surface area contributed by atoms with E-state index in [0.29, 0.717) is 12.7 Å². The first-order valence-electron chi connectivity index (χ1n) is 4.34. The van der Waals surface area contributed by atoms with E-state index in [4.69, 9.17) is 0 Å². The highest BCUT2D eigenvalue weighted by Crippen LogP contribution is 2.22. The van der Waals surface area contributed by atoms with Gasteiger partial charge in [-0.1, -0.05) is 24.3 Å². The Labute approximate surface area is 86.9 Å². The first-order chi connectivity index (χ1) is 7.11. The molecule has 0 bridgehead atoms. The van der Waals surface area contributed by atoms with Gasteiger partial charge in [0.1, 0.15) is 5.78 Å². The number of carbonyl (C=O) groups is 1. The summed E-state index contributed by atoms with van der Waals surface area (Å²) < 4.78 is 34.2. The summed E-state index contributed by atoms with van der Waals surface area (Å²) in [6.45, 7) is 1.39. The molecule has 84 valence electrons. The number of carbonyl (C=O) groups excluding carboxylic acids is 1. The summed E-state index contributed by atoms with van der Waals surface area (Å²) in [6.07, 6.45) is -2.42. The maximum absolute atomic E-state index is 12.4. The maximum Gasteiger partial charge on any atom is 0.264 e. The fourth-order valence-corrected chi connectivity index (χ4v) is 1.18. The van der Waals surface area contributed by atoms with E-state index in [2.05, 4.69) is 0 Å². The van der Waals surface area contributed by atoms with Crippen molar-refractivity contribution in [1.82, 2.24) is 0 Å². The molecule has 0 aliphatic carbocycles. The van der Waals surface area contributed by atoms with Crippen LogP contribution < -0.4 is 0 Å². The van der Waals surface area contributed by atoms with Gasteiger partial charge in [-0.15, -0.1) is 0 Å². The Bertz CT molecular complexity index is 310. The van der Waals surface area contributed by atoms with Crippen LogP contribution in [0.5, 0.6) is 0 Å². The average Bonchev–Trinajstić information content (AvgIpc) is 2.20. The van der Waals surface area contributed by atoms with Crippen molar-refractivity contribution in [2.24, 2.45) is 0 Å². The molecule has 0 unspecified atom stereocenters. The quantitative estimate of drug-likeness (QED) is 0.760. The van der Waals surface area contributed by atoms with Crippen molar-refractivity contribution < 1.29 is 18.0 Å². The lowest BCUT2D eigenvalue weighted by atomic mass is 10.0. The summed E-state index contributed by atoms with van der Waals surface area (Å²) in [5.41, 5.74) is 0.378. The number of Topliss-reactive ketones (excluding diaryl/α,β-unsaturated/α-hetero) is 1. The standard InChI is InChI=1S/C10H10F2O.CH3F/c1-7(13)6-8-4-2-3-5-9(8)10(11)12;1-2/h2-5,10H,6H2,1H3;1H3. The molecule has 0 aliphatic heterocycles. The lowest BCUT2D eigenvalue weighted by molar-refractivity contribution is -0.116. The predicted molar refractivity (Wildman–Crippen MR) is 52.8 cm³/mol. The van der Waals surface area contributed by atoms with Crippen molar-refractivity contribution in [2.45, 2.75) is 19.8 Å². The molecule has 1 nitrogen and oxygen atoms in total. The zero-order valence-electron chi connectivity index (χ0n) is 8.64. The van der Waals surface area contributed by atoms with Crippen molar-refractivity contribution in [1.29, 1.82) is 0 Å². The van der Waals surface area contributed by atoms with Crippen LogP contribution in [0, 0.1) is 0 Å². The first-order valence-corrected chi connectivity index (χ1v) is 4.34. The van der Waals surface area contributed by atoms with E-state index in [1.807, 2.05) is 0 Å². The molecule has 0 N–H and O–H groups in total. The molecule has 0 amide bonds. The molecule has 0 spiro atoms. The lowest BCUT2D eigenvalue weighted by Crippen LogP contribution is -2.00. The summed E-state index contributed by atoms with van der Waals surface area (Å²) >= 11 is 0. The molecule has 4 heteroatoms. The van der Waals surface area contributed by atoms with E-state index in [-0.39, 0.29) is 17.8 Å². The molecule has 0 atom stereocenters. The molecular weight excluding hydrogens is 205 g/mol. The van der Waals surface area contributed by atoms with Gasteiger partial charge in [-0.2, -0.15) is 0 Å². The third-order valence-corrected chi connectivity index (χ3v) is 1.73. The minimum atomic E-state index is -2.50. The van der Waals surface area contributed by atoms with E-state index < -0.39 is 6.43 Å². The summed E-state index contributed by atoms with van der Waals surface area (Å²) in [5.74, 6) is -0.104. The molecular formula is C11H13F3O. The van der Waals surface area contributed by atoms with Gasteiger partial charge >= 0.3 is 0 Å². The predicted octanol–water partition coefficient (Wildman–Crippen LogP) is 3.34. The lowest BCUT2D eigenvalue weighted by Gasteiger charge is -2.05. The van der Waals surface area contributed by atoms with Crippen molar-refractivity contribution in [3.05, 3.63) is 35.4 Å². The number of halogens is 3. The Morgan fingerprint density at radius 1 is 1.27 bits per heavy atom.